The molecule has 0 aliphatic carbocycles. The van der Waals surface area contributed by atoms with Crippen LogP contribution in [0.15, 0.2) is 0 Å². The Balaban J connectivity index is 3.23. The summed E-state index contributed by atoms with van der Waals surface area (Å²) in [4.78, 5) is 23.9. The first kappa shape index (κ1) is 43.9. The van der Waals surface area contributed by atoms with E-state index in [-0.39, 0.29) is 11.9 Å². The molecule has 2 N–H and O–H groups in total. The third-order valence-corrected chi connectivity index (χ3v) is 9.10. The summed E-state index contributed by atoms with van der Waals surface area (Å²) in [5, 5.41) is 2.22. The second kappa shape index (κ2) is 39.1. The Morgan fingerprint density at radius 3 is 0.867 bits per heavy atom. The molecule has 0 aliphatic rings. The number of carbonyl (C=O) groups is 2. The van der Waals surface area contributed by atoms with Gasteiger partial charge in [0, 0.05) is 25.7 Å². The lowest BCUT2D eigenvalue weighted by Gasteiger charge is -2.06. The van der Waals surface area contributed by atoms with Crippen LogP contribution < -0.4 is 5.32 Å². The van der Waals surface area contributed by atoms with Gasteiger partial charge in [0.05, 0.1) is 26.3 Å². The Bertz CT molecular complexity index is 597. The first-order valence-electron chi connectivity index (χ1n) is 20.3. The maximum atomic E-state index is 11.9. The van der Waals surface area contributed by atoms with Crippen LogP contribution in [0.25, 0.3) is 0 Å². The van der Waals surface area contributed by atoms with Crippen LogP contribution in [0.3, 0.4) is 0 Å². The molecule has 0 radical (unpaired) electrons. The monoisotopic (exact) mass is 639 g/mol. The fourth-order valence-electron chi connectivity index (χ4n) is 6.04. The van der Waals surface area contributed by atoms with Crippen molar-refractivity contribution in [2.75, 3.05) is 26.3 Å². The van der Waals surface area contributed by atoms with Gasteiger partial charge in [-0.15, -0.1) is 0 Å². The topological polar surface area (TPSA) is 69.2 Å². The third kappa shape index (κ3) is 39.0. The third-order valence-electron chi connectivity index (χ3n) is 9.10. The zero-order chi connectivity index (χ0) is 32.7. The summed E-state index contributed by atoms with van der Waals surface area (Å²) < 4.78 is 10.8. The Morgan fingerprint density at radius 2 is 0.600 bits per heavy atom. The second-order valence-electron chi connectivity index (χ2n) is 13.7. The molecule has 5 heteroatoms. The highest BCUT2D eigenvalue weighted by atomic mass is 16.5. The van der Waals surface area contributed by atoms with Crippen LogP contribution >= 0.6 is 0 Å². The Morgan fingerprint density at radius 1 is 0.356 bits per heavy atom. The van der Waals surface area contributed by atoms with Gasteiger partial charge in [-0.3, -0.25) is 9.59 Å². The van der Waals surface area contributed by atoms with Crippen molar-refractivity contribution in [3.05, 3.63) is 0 Å². The standard InChI is InChI=1S/C40H79NO4/c1-3-5-7-9-11-13-15-17-18-20-22-24-26-28-30-34-40(43)45-38-32-36-41-35-31-37-44-39(42)33-29-27-25-23-21-19-16-14-12-10-8-6-4-2/h41H,3-38H2,1-2H3/p+1. The minimum atomic E-state index is -0.0425. The van der Waals surface area contributed by atoms with Gasteiger partial charge in [0.2, 0.25) is 0 Å². The first-order chi connectivity index (χ1) is 22.2. The predicted octanol–water partition coefficient (Wildman–Crippen LogP) is 11.2. The molecule has 0 aromatic heterocycles. The molecule has 0 unspecified atom stereocenters. The normalized spacial score (nSPS) is 11.2. The fourth-order valence-corrected chi connectivity index (χ4v) is 6.04. The van der Waals surface area contributed by atoms with Crippen molar-refractivity contribution in [1.82, 2.24) is 0 Å². The molecular weight excluding hydrogens is 558 g/mol. The van der Waals surface area contributed by atoms with Crippen LogP contribution in [0.2, 0.25) is 0 Å². The smallest absolute Gasteiger partial charge is 0.305 e. The first-order valence-corrected chi connectivity index (χ1v) is 20.3. The Hall–Kier alpha value is -1.10. The van der Waals surface area contributed by atoms with Crippen LogP contribution in [-0.4, -0.2) is 38.2 Å². The van der Waals surface area contributed by atoms with E-state index in [4.69, 9.17) is 9.47 Å². The van der Waals surface area contributed by atoms with Gasteiger partial charge in [0.25, 0.3) is 0 Å². The fraction of sp³-hybridized carbons (Fsp3) is 0.950. The van der Waals surface area contributed by atoms with Crippen molar-refractivity contribution < 1.29 is 24.4 Å². The summed E-state index contributed by atoms with van der Waals surface area (Å²) in [5.41, 5.74) is 0. The molecule has 0 spiro atoms. The maximum Gasteiger partial charge on any atom is 0.305 e. The number of esters is 2. The van der Waals surface area contributed by atoms with Gasteiger partial charge in [-0.1, -0.05) is 181 Å². The van der Waals surface area contributed by atoms with E-state index < -0.39 is 0 Å². The summed E-state index contributed by atoms with van der Waals surface area (Å²) in [6.45, 7) is 7.47. The lowest BCUT2D eigenvalue weighted by atomic mass is 10.0. The van der Waals surface area contributed by atoms with Gasteiger partial charge < -0.3 is 14.8 Å². The zero-order valence-electron chi connectivity index (χ0n) is 30.7. The van der Waals surface area contributed by atoms with Gasteiger partial charge in [0.15, 0.2) is 0 Å². The zero-order valence-corrected chi connectivity index (χ0v) is 30.7. The van der Waals surface area contributed by atoms with Gasteiger partial charge in [-0.05, 0) is 12.8 Å². The molecule has 0 atom stereocenters. The van der Waals surface area contributed by atoms with E-state index in [1.807, 2.05) is 0 Å². The summed E-state index contributed by atoms with van der Waals surface area (Å²) >= 11 is 0. The van der Waals surface area contributed by atoms with Crippen molar-refractivity contribution in [1.29, 1.82) is 0 Å². The van der Waals surface area contributed by atoms with Crippen LogP contribution in [0.1, 0.15) is 219 Å². The number of carbonyl (C=O) groups excluding carboxylic acids is 2. The molecule has 0 aliphatic heterocycles. The average molecular weight is 639 g/mol. The lowest BCUT2D eigenvalue weighted by Crippen LogP contribution is -2.84. The van der Waals surface area contributed by atoms with E-state index >= 15 is 0 Å². The predicted molar refractivity (Wildman–Crippen MR) is 193 cm³/mol. The van der Waals surface area contributed by atoms with Crippen molar-refractivity contribution >= 4 is 11.9 Å². The summed E-state index contributed by atoms with van der Waals surface area (Å²) in [6, 6.07) is 0. The average Bonchev–Trinajstić information content (AvgIpc) is 3.04. The van der Waals surface area contributed by atoms with E-state index in [9.17, 15) is 9.59 Å². The summed E-state index contributed by atoms with van der Waals surface area (Å²) in [5.74, 6) is -0.0841. The maximum absolute atomic E-state index is 11.9. The van der Waals surface area contributed by atoms with E-state index in [0.717, 1.165) is 51.6 Å². The quantitative estimate of drug-likeness (QED) is 0.0539. The molecule has 0 rings (SSSR count). The molecule has 0 bridgehead atoms. The molecule has 0 amide bonds. The van der Waals surface area contributed by atoms with E-state index in [2.05, 4.69) is 19.2 Å². The molecule has 0 aromatic rings. The van der Waals surface area contributed by atoms with Gasteiger partial charge in [-0.2, -0.15) is 0 Å². The number of nitrogens with two attached hydrogens (primary N) is 1. The molecule has 45 heavy (non-hydrogen) atoms. The molecular formula is C40H80NO4+. The molecule has 0 fully saturated rings. The minimum Gasteiger partial charge on any atom is -0.465 e. The molecule has 0 aromatic carbocycles. The van der Waals surface area contributed by atoms with E-state index in [0.29, 0.717) is 26.1 Å². The second-order valence-corrected chi connectivity index (χ2v) is 13.7. The highest BCUT2D eigenvalue weighted by molar-refractivity contribution is 5.69. The number of rotatable bonds is 38. The molecule has 5 nitrogen and oxygen atoms in total. The number of hydrogen-bond acceptors (Lipinski definition) is 4. The number of quaternary nitrogens is 1. The Kier molecular flexibility index (Phi) is 38.1. The SMILES string of the molecule is CCCCCCCCCCCCCCCCCC(=O)OCCC[NH2+]CCCOC(=O)CCCCCCCCCCCCCCC. The number of unbranched alkanes of at least 4 members (excludes halogenated alkanes) is 26. The highest BCUT2D eigenvalue weighted by Crippen LogP contribution is 2.15. The van der Waals surface area contributed by atoms with Crippen molar-refractivity contribution in [2.45, 2.75) is 219 Å². The Labute approximate surface area is 281 Å². The van der Waals surface area contributed by atoms with Gasteiger partial charge >= 0.3 is 11.9 Å². The van der Waals surface area contributed by atoms with Gasteiger partial charge in [0.1, 0.15) is 0 Å². The summed E-state index contributed by atoms with van der Waals surface area (Å²) in [7, 11) is 0. The summed E-state index contributed by atoms with van der Waals surface area (Å²) in [6.07, 6.45) is 40.1. The molecule has 0 saturated carbocycles. The minimum absolute atomic E-state index is 0.0416. The van der Waals surface area contributed by atoms with Crippen LogP contribution in [0.5, 0.6) is 0 Å². The number of hydrogen-bond donors (Lipinski definition) is 1. The van der Waals surface area contributed by atoms with Crippen LogP contribution in [0.4, 0.5) is 0 Å². The number of ether oxygens (including phenoxy) is 2. The highest BCUT2D eigenvalue weighted by Gasteiger charge is 2.05. The van der Waals surface area contributed by atoms with Crippen LogP contribution in [-0.2, 0) is 19.1 Å². The van der Waals surface area contributed by atoms with Crippen molar-refractivity contribution in [2.24, 2.45) is 0 Å². The molecule has 0 saturated heterocycles. The van der Waals surface area contributed by atoms with E-state index in [1.165, 1.54) is 154 Å². The molecule has 268 valence electrons. The van der Waals surface area contributed by atoms with Crippen molar-refractivity contribution in [3.8, 4) is 0 Å². The van der Waals surface area contributed by atoms with Crippen molar-refractivity contribution in [3.63, 3.8) is 0 Å². The van der Waals surface area contributed by atoms with Crippen LogP contribution in [0, 0.1) is 0 Å². The largest absolute Gasteiger partial charge is 0.465 e. The lowest BCUT2D eigenvalue weighted by molar-refractivity contribution is -0.655. The van der Waals surface area contributed by atoms with Gasteiger partial charge in [-0.25, -0.2) is 0 Å². The molecule has 0 heterocycles. The van der Waals surface area contributed by atoms with E-state index in [1.54, 1.807) is 0 Å².